The summed E-state index contributed by atoms with van der Waals surface area (Å²) in [5, 5.41) is 10.1. The van der Waals surface area contributed by atoms with Gasteiger partial charge in [-0.15, -0.1) is 0 Å². The first kappa shape index (κ1) is 11.5. The molecule has 0 spiro atoms. The Morgan fingerprint density at radius 1 is 1.50 bits per heavy atom. The van der Waals surface area contributed by atoms with Crippen molar-refractivity contribution in [3.63, 3.8) is 0 Å². The molecule has 1 aliphatic carbocycles. The van der Waals surface area contributed by atoms with Crippen LogP contribution in [0.15, 0.2) is 6.20 Å². The first-order valence-electron chi connectivity index (χ1n) is 5.67. The van der Waals surface area contributed by atoms with Crippen LogP contribution in [0.4, 0.5) is 8.78 Å². The number of aryl methyl sites for hydroxylation is 1. The Labute approximate surface area is 93.6 Å². The van der Waals surface area contributed by atoms with Crippen molar-refractivity contribution >= 4 is 0 Å². The van der Waals surface area contributed by atoms with Gasteiger partial charge in [-0.25, -0.2) is 8.78 Å². The van der Waals surface area contributed by atoms with E-state index in [2.05, 4.69) is 15.5 Å². The maximum absolute atomic E-state index is 12.9. The molecule has 1 aliphatic rings. The molecule has 0 radical (unpaired) electrons. The predicted octanol–water partition coefficient (Wildman–Crippen LogP) is 2.39. The molecule has 1 saturated carbocycles. The third kappa shape index (κ3) is 2.78. The van der Waals surface area contributed by atoms with Crippen molar-refractivity contribution in [2.75, 3.05) is 0 Å². The summed E-state index contributed by atoms with van der Waals surface area (Å²) in [6.45, 7) is 2.66. The number of hydrogen-bond donors (Lipinski definition) is 2. The van der Waals surface area contributed by atoms with Crippen molar-refractivity contribution in [2.45, 2.75) is 51.1 Å². The van der Waals surface area contributed by atoms with E-state index < -0.39 is 5.92 Å². The second-order valence-corrected chi connectivity index (χ2v) is 4.53. The monoisotopic (exact) mass is 229 g/mol. The lowest BCUT2D eigenvalue weighted by atomic mass is 9.92. The fraction of sp³-hybridized carbons (Fsp3) is 0.727. The van der Waals surface area contributed by atoms with Crippen molar-refractivity contribution in [2.24, 2.45) is 0 Å². The number of hydrogen-bond acceptors (Lipinski definition) is 2. The SMILES string of the molecule is Cc1[nH]ncc1CNC1CCC(F)(F)CC1. The highest BCUT2D eigenvalue weighted by Gasteiger charge is 2.34. The van der Waals surface area contributed by atoms with Crippen LogP contribution in [0.2, 0.25) is 0 Å². The average Bonchev–Trinajstić information content (AvgIpc) is 2.63. The Balaban J connectivity index is 1.78. The van der Waals surface area contributed by atoms with Gasteiger partial charge in [0.2, 0.25) is 5.92 Å². The van der Waals surface area contributed by atoms with Crippen LogP contribution >= 0.6 is 0 Å². The number of alkyl halides is 2. The van der Waals surface area contributed by atoms with E-state index in [1.165, 1.54) is 0 Å². The first-order valence-corrected chi connectivity index (χ1v) is 5.67. The van der Waals surface area contributed by atoms with Gasteiger partial charge in [0.15, 0.2) is 0 Å². The molecule has 16 heavy (non-hydrogen) atoms. The summed E-state index contributed by atoms with van der Waals surface area (Å²) < 4.78 is 25.8. The van der Waals surface area contributed by atoms with E-state index in [0.717, 1.165) is 11.3 Å². The molecule has 0 atom stereocenters. The summed E-state index contributed by atoms with van der Waals surface area (Å²) >= 11 is 0. The molecule has 90 valence electrons. The minimum absolute atomic E-state index is 0.00896. The Kier molecular flexibility index (Phi) is 3.23. The normalized spacial score (nSPS) is 21.2. The molecule has 2 rings (SSSR count). The molecule has 1 fully saturated rings. The quantitative estimate of drug-likeness (QED) is 0.835. The van der Waals surface area contributed by atoms with Crippen molar-refractivity contribution in [1.82, 2.24) is 15.5 Å². The van der Waals surface area contributed by atoms with Crippen LogP contribution < -0.4 is 5.32 Å². The largest absolute Gasteiger partial charge is 0.310 e. The molecule has 0 amide bonds. The van der Waals surface area contributed by atoms with Crippen molar-refractivity contribution < 1.29 is 8.78 Å². The molecule has 0 bridgehead atoms. The molecule has 0 unspecified atom stereocenters. The lowest BCUT2D eigenvalue weighted by molar-refractivity contribution is -0.0405. The summed E-state index contributed by atoms with van der Waals surface area (Å²) in [5.74, 6) is -2.44. The van der Waals surface area contributed by atoms with E-state index in [1.807, 2.05) is 6.92 Å². The van der Waals surface area contributed by atoms with E-state index >= 15 is 0 Å². The van der Waals surface area contributed by atoms with Gasteiger partial charge >= 0.3 is 0 Å². The average molecular weight is 229 g/mol. The molecule has 1 heterocycles. The second kappa shape index (κ2) is 4.49. The predicted molar refractivity (Wildman–Crippen MR) is 57.4 cm³/mol. The van der Waals surface area contributed by atoms with Gasteiger partial charge in [-0.2, -0.15) is 5.10 Å². The van der Waals surface area contributed by atoms with Crippen LogP contribution in [0.25, 0.3) is 0 Å². The molecule has 5 heteroatoms. The molecular weight excluding hydrogens is 212 g/mol. The van der Waals surface area contributed by atoms with Crippen LogP contribution in [0.5, 0.6) is 0 Å². The molecule has 2 N–H and O–H groups in total. The van der Waals surface area contributed by atoms with Crippen molar-refractivity contribution in [3.8, 4) is 0 Å². The Morgan fingerprint density at radius 3 is 2.75 bits per heavy atom. The van der Waals surface area contributed by atoms with Crippen molar-refractivity contribution in [3.05, 3.63) is 17.5 Å². The van der Waals surface area contributed by atoms with Gasteiger partial charge in [0.25, 0.3) is 0 Å². The minimum atomic E-state index is -2.44. The summed E-state index contributed by atoms with van der Waals surface area (Å²) in [7, 11) is 0. The zero-order valence-electron chi connectivity index (χ0n) is 9.39. The maximum atomic E-state index is 12.9. The lowest BCUT2D eigenvalue weighted by Crippen LogP contribution is -2.36. The van der Waals surface area contributed by atoms with Crippen LogP contribution in [0.1, 0.15) is 36.9 Å². The van der Waals surface area contributed by atoms with Gasteiger partial charge in [-0.05, 0) is 19.8 Å². The van der Waals surface area contributed by atoms with Crippen LogP contribution in [-0.2, 0) is 6.54 Å². The van der Waals surface area contributed by atoms with Gasteiger partial charge in [0.1, 0.15) is 0 Å². The smallest absolute Gasteiger partial charge is 0.248 e. The third-order valence-electron chi connectivity index (χ3n) is 3.23. The van der Waals surface area contributed by atoms with Crippen LogP contribution in [0, 0.1) is 6.92 Å². The number of aromatic nitrogens is 2. The first-order chi connectivity index (χ1) is 7.57. The summed E-state index contributed by atoms with van der Waals surface area (Å²) in [6.07, 6.45) is 2.91. The zero-order chi connectivity index (χ0) is 11.6. The highest BCUT2D eigenvalue weighted by atomic mass is 19.3. The van der Waals surface area contributed by atoms with E-state index in [4.69, 9.17) is 0 Å². The number of H-pyrrole nitrogens is 1. The Hall–Kier alpha value is -0.970. The summed E-state index contributed by atoms with van der Waals surface area (Å²) in [6, 6.07) is 0.217. The zero-order valence-corrected chi connectivity index (χ0v) is 9.39. The van der Waals surface area contributed by atoms with Crippen molar-refractivity contribution in [1.29, 1.82) is 0 Å². The second-order valence-electron chi connectivity index (χ2n) is 4.53. The maximum Gasteiger partial charge on any atom is 0.248 e. The molecule has 3 nitrogen and oxygen atoms in total. The van der Waals surface area contributed by atoms with Gasteiger partial charge < -0.3 is 5.32 Å². The van der Waals surface area contributed by atoms with Crippen LogP contribution in [0.3, 0.4) is 0 Å². The van der Waals surface area contributed by atoms with E-state index in [0.29, 0.717) is 19.4 Å². The fourth-order valence-corrected chi connectivity index (χ4v) is 2.05. The highest BCUT2D eigenvalue weighted by Crippen LogP contribution is 2.33. The fourth-order valence-electron chi connectivity index (χ4n) is 2.05. The molecular formula is C11H17F2N3. The van der Waals surface area contributed by atoms with E-state index in [1.54, 1.807) is 6.20 Å². The van der Waals surface area contributed by atoms with Gasteiger partial charge in [0, 0.05) is 36.7 Å². The Bertz CT molecular complexity index is 339. The van der Waals surface area contributed by atoms with Gasteiger partial charge in [0.05, 0.1) is 6.20 Å². The molecule has 0 saturated heterocycles. The highest BCUT2D eigenvalue weighted by molar-refractivity contribution is 5.13. The number of nitrogens with zero attached hydrogens (tertiary/aromatic N) is 1. The number of aromatic amines is 1. The minimum Gasteiger partial charge on any atom is -0.310 e. The number of nitrogens with one attached hydrogen (secondary N) is 2. The summed E-state index contributed by atoms with van der Waals surface area (Å²) in [5.41, 5.74) is 2.14. The lowest BCUT2D eigenvalue weighted by Gasteiger charge is -2.28. The van der Waals surface area contributed by atoms with Crippen LogP contribution in [-0.4, -0.2) is 22.2 Å². The topological polar surface area (TPSA) is 40.7 Å². The molecule has 1 aromatic heterocycles. The number of rotatable bonds is 3. The van der Waals surface area contributed by atoms with E-state index in [-0.39, 0.29) is 18.9 Å². The van der Waals surface area contributed by atoms with Gasteiger partial charge in [-0.1, -0.05) is 0 Å². The summed E-state index contributed by atoms with van der Waals surface area (Å²) in [4.78, 5) is 0. The molecule has 0 aliphatic heterocycles. The van der Waals surface area contributed by atoms with Gasteiger partial charge in [-0.3, -0.25) is 5.10 Å². The molecule has 0 aromatic carbocycles. The standard InChI is InChI=1S/C11H17F2N3/c1-8-9(7-15-16-8)6-14-10-2-4-11(12,13)5-3-10/h7,10,14H,2-6H2,1H3,(H,15,16). The Morgan fingerprint density at radius 2 is 2.19 bits per heavy atom. The van der Waals surface area contributed by atoms with E-state index in [9.17, 15) is 8.78 Å². The third-order valence-corrected chi connectivity index (χ3v) is 3.23. The number of halogens is 2. The molecule has 1 aromatic rings.